The zero-order valence-corrected chi connectivity index (χ0v) is 38.1. The molecule has 11 N–H and O–H groups in total. The van der Waals surface area contributed by atoms with Crippen LogP contribution in [0.2, 0.25) is 0 Å². The van der Waals surface area contributed by atoms with Crippen LogP contribution in [0.1, 0.15) is 95.7 Å². The summed E-state index contributed by atoms with van der Waals surface area (Å²) in [7, 11) is 0. The summed E-state index contributed by atoms with van der Waals surface area (Å²) in [6.45, 7) is 3.02. The number of carbonyl (C=O) groups is 10. The fourth-order valence-corrected chi connectivity index (χ4v) is 8.71. The van der Waals surface area contributed by atoms with Crippen molar-refractivity contribution in [1.82, 2.24) is 51.3 Å². The molecule has 0 aliphatic carbocycles. The number of unbranched alkanes of at least 4 members (excludes halogenated alkanes) is 1. The van der Waals surface area contributed by atoms with Crippen LogP contribution < -0.4 is 32.3 Å². The molecule has 23 heteroatoms. The lowest BCUT2D eigenvalue weighted by Crippen LogP contribution is -2.64. The highest BCUT2D eigenvalue weighted by Gasteiger charge is 2.44. The number of amides is 8. The lowest BCUT2D eigenvalue weighted by Gasteiger charge is -2.38. The molecule has 8 amide bonds. The SMILES string of the molecule is CCCC[C@H](NC(C)=O)C(=O)N1[C@H](C(N)=O)CCCCNC(=O)[C@H](Cc2c[nH]c3ccccc23)NC(=O)[C@@H]2CCCN2C(=O)[C@@H](CCC(=O)O)NC(=O)[C@H](Cc2cnc[nH]2)NC(=O)[C@@H]1CC(=O)O. The molecule has 7 atom stereocenters. The number of para-hydroxylation sites is 1. The molecule has 2 saturated heterocycles. The summed E-state index contributed by atoms with van der Waals surface area (Å²) in [6, 6.07) is -3.16. The number of aromatic amines is 2. The molecule has 23 nitrogen and oxygen atoms in total. The number of nitrogens with two attached hydrogens (primary N) is 1. The van der Waals surface area contributed by atoms with Gasteiger partial charge in [0.1, 0.15) is 42.3 Å². The van der Waals surface area contributed by atoms with E-state index in [1.54, 1.807) is 6.20 Å². The number of benzene rings is 1. The van der Waals surface area contributed by atoms with Crippen LogP contribution in [0, 0.1) is 0 Å². The van der Waals surface area contributed by atoms with Gasteiger partial charge in [-0.3, -0.25) is 47.9 Å². The van der Waals surface area contributed by atoms with E-state index in [0.717, 1.165) is 22.7 Å². The Morgan fingerprint density at radius 3 is 2.26 bits per heavy atom. The number of aromatic nitrogens is 3. The maximum atomic E-state index is 14.7. The standard InChI is InChI=1S/C45H61N11O12/c1-3-4-11-30(51-25(2)57)45(68)56-34(39(46)62)13-7-8-17-48-40(63)32(19-26-22-49-29-12-6-5-10-28(26)29)53-42(65)35-14-9-18-55(35)44(67)31(15-16-37(58)59)52-41(64)33(20-27-23-47-24-50-27)54-43(66)36(56)21-38(60)61/h5-6,10,12,22-24,30-36,49H,3-4,7-9,11,13-21H2,1-2H3,(H2,46,62)(H,47,50)(H,48,63)(H,51,57)(H,52,64)(H,53,65)(H,54,66)(H,58,59)(H,60,61)/t30-,31+,32-,33-,34-,35-,36-/m0/s1. The van der Waals surface area contributed by atoms with Crippen molar-refractivity contribution in [2.45, 2.75) is 140 Å². The quantitative estimate of drug-likeness (QED) is 0.0921. The molecule has 2 aliphatic heterocycles. The molecule has 368 valence electrons. The Morgan fingerprint density at radius 1 is 0.868 bits per heavy atom. The monoisotopic (exact) mass is 947 g/mol. The number of nitrogens with one attached hydrogen (secondary N) is 7. The third kappa shape index (κ3) is 13.9. The van der Waals surface area contributed by atoms with Gasteiger partial charge in [0.2, 0.25) is 47.3 Å². The Morgan fingerprint density at radius 2 is 1.59 bits per heavy atom. The Bertz CT molecular complexity index is 2320. The fourth-order valence-electron chi connectivity index (χ4n) is 8.71. The molecule has 0 saturated carbocycles. The van der Waals surface area contributed by atoms with Gasteiger partial charge in [-0.2, -0.15) is 0 Å². The molecule has 1 aromatic carbocycles. The maximum Gasteiger partial charge on any atom is 0.305 e. The number of carbonyl (C=O) groups excluding carboxylic acids is 8. The number of hydrogen-bond donors (Lipinski definition) is 10. The second-order valence-electron chi connectivity index (χ2n) is 17.1. The van der Waals surface area contributed by atoms with Crippen molar-refractivity contribution in [3.63, 3.8) is 0 Å². The average molecular weight is 948 g/mol. The molecule has 0 spiro atoms. The predicted molar refractivity (Wildman–Crippen MR) is 242 cm³/mol. The Labute approximate surface area is 391 Å². The normalized spacial score (nSPS) is 23.0. The summed E-state index contributed by atoms with van der Waals surface area (Å²) in [5.41, 5.74) is 7.73. The molecule has 3 aromatic rings. The van der Waals surface area contributed by atoms with Crippen LogP contribution >= 0.6 is 0 Å². The van der Waals surface area contributed by atoms with E-state index < -0.39 is 121 Å². The number of H-pyrrole nitrogens is 2. The molecule has 68 heavy (non-hydrogen) atoms. The minimum atomic E-state index is -2.02. The summed E-state index contributed by atoms with van der Waals surface area (Å²) in [6.07, 6.45) is 3.43. The van der Waals surface area contributed by atoms with Crippen LogP contribution in [0.5, 0.6) is 0 Å². The fraction of sp³-hybridized carbons (Fsp3) is 0.533. The highest BCUT2D eigenvalue weighted by atomic mass is 16.4. The van der Waals surface area contributed by atoms with E-state index in [4.69, 9.17) is 5.73 Å². The summed E-state index contributed by atoms with van der Waals surface area (Å²) < 4.78 is 0. The number of rotatable bonds is 15. The van der Waals surface area contributed by atoms with E-state index in [1.165, 1.54) is 17.4 Å². The number of carboxylic acids is 2. The van der Waals surface area contributed by atoms with Gasteiger partial charge in [0.05, 0.1) is 12.7 Å². The van der Waals surface area contributed by atoms with Crippen molar-refractivity contribution < 1.29 is 58.2 Å². The van der Waals surface area contributed by atoms with E-state index in [0.29, 0.717) is 24.8 Å². The highest BCUT2D eigenvalue weighted by molar-refractivity contribution is 6.00. The smallest absolute Gasteiger partial charge is 0.305 e. The number of hydrogen-bond acceptors (Lipinski definition) is 11. The van der Waals surface area contributed by atoms with Gasteiger partial charge in [-0.15, -0.1) is 0 Å². The molecule has 4 heterocycles. The lowest BCUT2D eigenvalue weighted by molar-refractivity contribution is -0.154. The van der Waals surface area contributed by atoms with E-state index in [9.17, 15) is 58.2 Å². The van der Waals surface area contributed by atoms with Crippen molar-refractivity contribution in [3.05, 3.63) is 54.2 Å². The van der Waals surface area contributed by atoms with Gasteiger partial charge in [-0.25, -0.2) is 4.98 Å². The third-order valence-electron chi connectivity index (χ3n) is 12.1. The van der Waals surface area contributed by atoms with Gasteiger partial charge < -0.3 is 62.3 Å². The Balaban J connectivity index is 1.60. The first-order valence-electron chi connectivity index (χ1n) is 22.8. The van der Waals surface area contributed by atoms with E-state index in [2.05, 4.69) is 41.5 Å². The first kappa shape index (κ1) is 51.7. The molecule has 0 bridgehead atoms. The largest absolute Gasteiger partial charge is 0.481 e. The lowest BCUT2D eigenvalue weighted by atomic mass is 9.98. The van der Waals surface area contributed by atoms with Crippen molar-refractivity contribution >= 4 is 70.1 Å². The van der Waals surface area contributed by atoms with Crippen LogP contribution in [0.3, 0.4) is 0 Å². The van der Waals surface area contributed by atoms with Crippen molar-refractivity contribution in [3.8, 4) is 0 Å². The molecule has 5 rings (SSSR count). The van der Waals surface area contributed by atoms with Crippen molar-refractivity contribution in [2.75, 3.05) is 13.1 Å². The van der Waals surface area contributed by atoms with Crippen LogP contribution in [0.15, 0.2) is 43.0 Å². The van der Waals surface area contributed by atoms with Gasteiger partial charge in [0.15, 0.2) is 0 Å². The van der Waals surface area contributed by atoms with Gasteiger partial charge >= 0.3 is 11.9 Å². The number of carboxylic acid groups (broad SMARTS) is 2. The highest BCUT2D eigenvalue weighted by Crippen LogP contribution is 2.24. The number of nitrogens with zero attached hydrogens (tertiary/aromatic N) is 3. The minimum Gasteiger partial charge on any atom is -0.481 e. The average Bonchev–Trinajstić information content (AvgIpc) is 4.09. The minimum absolute atomic E-state index is 0.00899. The van der Waals surface area contributed by atoms with Gasteiger partial charge in [-0.1, -0.05) is 38.0 Å². The number of primary amides is 1. The Hall–Kier alpha value is -7.33. The van der Waals surface area contributed by atoms with Crippen LogP contribution in [0.4, 0.5) is 0 Å². The van der Waals surface area contributed by atoms with Gasteiger partial charge in [0.25, 0.3) is 0 Å². The number of aliphatic carboxylic acids is 2. The molecular weight excluding hydrogens is 887 g/mol. The summed E-state index contributed by atoms with van der Waals surface area (Å²) in [4.78, 5) is 149. The molecule has 2 aromatic heterocycles. The van der Waals surface area contributed by atoms with Gasteiger partial charge in [0, 0.05) is 68.3 Å². The van der Waals surface area contributed by atoms with E-state index in [1.807, 2.05) is 31.2 Å². The summed E-state index contributed by atoms with van der Waals surface area (Å²) in [5.74, 6) is -9.93. The first-order chi connectivity index (χ1) is 32.5. The third-order valence-corrected chi connectivity index (χ3v) is 12.1. The number of imidazole rings is 1. The zero-order valence-electron chi connectivity index (χ0n) is 38.1. The Kier molecular flexibility index (Phi) is 18.6. The molecule has 0 radical (unpaired) electrons. The molecule has 2 aliphatic rings. The van der Waals surface area contributed by atoms with Crippen LogP contribution in [0.25, 0.3) is 10.9 Å². The number of fused-ring (bicyclic) bond motifs is 2. The topological polar surface area (TPSA) is 348 Å². The summed E-state index contributed by atoms with van der Waals surface area (Å²) in [5, 5.41) is 33.9. The van der Waals surface area contributed by atoms with Crippen LogP contribution in [-0.4, -0.2) is 150 Å². The van der Waals surface area contributed by atoms with Crippen molar-refractivity contribution in [1.29, 1.82) is 0 Å². The van der Waals surface area contributed by atoms with E-state index in [-0.39, 0.29) is 63.7 Å². The molecule has 0 unspecified atom stereocenters. The molecule has 2 fully saturated rings. The molecular formula is C45H61N11O12. The predicted octanol–water partition coefficient (Wildman–Crippen LogP) is -0.493. The van der Waals surface area contributed by atoms with E-state index >= 15 is 0 Å². The van der Waals surface area contributed by atoms with Gasteiger partial charge in [-0.05, 0) is 56.6 Å². The summed E-state index contributed by atoms with van der Waals surface area (Å²) >= 11 is 0. The van der Waals surface area contributed by atoms with Crippen LogP contribution in [-0.2, 0) is 60.8 Å². The second kappa shape index (κ2) is 24.4. The first-order valence-corrected chi connectivity index (χ1v) is 22.8. The second-order valence-corrected chi connectivity index (χ2v) is 17.1. The van der Waals surface area contributed by atoms with Crippen molar-refractivity contribution in [2.24, 2.45) is 5.73 Å². The zero-order chi connectivity index (χ0) is 49.5. The maximum absolute atomic E-state index is 14.7.